The second-order valence-electron chi connectivity index (χ2n) is 5.56. The molecule has 0 bridgehead atoms. The van der Waals surface area contributed by atoms with Gasteiger partial charge in [0.25, 0.3) is 11.8 Å². The van der Waals surface area contributed by atoms with Gasteiger partial charge in [-0.15, -0.1) is 0 Å². The third-order valence-corrected chi connectivity index (χ3v) is 3.89. The molecule has 0 spiro atoms. The van der Waals surface area contributed by atoms with Crippen LogP contribution in [0.3, 0.4) is 0 Å². The Kier molecular flexibility index (Phi) is 5.92. The molecule has 2 N–H and O–H groups in total. The zero-order valence-electron chi connectivity index (χ0n) is 12.3. The Morgan fingerprint density at radius 1 is 1.14 bits per heavy atom. The molecule has 1 fully saturated rings. The molecule has 0 aromatic rings. The van der Waals surface area contributed by atoms with E-state index in [1.54, 1.807) is 0 Å². The molecule has 6 heteroatoms. The zero-order valence-corrected chi connectivity index (χ0v) is 12.3. The molecular weight excluding hydrogens is 270 g/mol. The highest BCUT2D eigenvalue weighted by Gasteiger charge is 2.22. The monoisotopic (exact) mass is 293 g/mol. The molecule has 6 nitrogen and oxygen atoms in total. The lowest BCUT2D eigenvalue weighted by Gasteiger charge is -2.23. The molecule has 21 heavy (non-hydrogen) atoms. The van der Waals surface area contributed by atoms with Gasteiger partial charge in [0.1, 0.15) is 0 Å². The van der Waals surface area contributed by atoms with Crippen molar-refractivity contribution in [3.05, 3.63) is 12.2 Å². The van der Waals surface area contributed by atoms with Crippen LogP contribution in [0.5, 0.6) is 0 Å². The van der Waals surface area contributed by atoms with E-state index in [0.29, 0.717) is 19.0 Å². The average molecular weight is 293 g/mol. The van der Waals surface area contributed by atoms with E-state index < -0.39 is 0 Å². The van der Waals surface area contributed by atoms with Crippen LogP contribution in [0.15, 0.2) is 12.2 Å². The number of unbranched alkanes of at least 4 members (excludes halogenated alkanes) is 2. The number of nitrogens with zero attached hydrogens (tertiary/aromatic N) is 1. The van der Waals surface area contributed by atoms with Crippen molar-refractivity contribution in [3.8, 4) is 0 Å². The maximum atomic E-state index is 11.8. The average Bonchev–Trinajstić information content (AvgIpc) is 2.79. The predicted molar refractivity (Wildman–Crippen MR) is 78.4 cm³/mol. The standard InChI is InChI=1S/C15H23N3O3/c19-13(17-12-7-9-16-10-8-12)4-2-1-3-11-18-14(20)5-6-15(18)21/h5-6,12,16H,1-4,7-11H2,(H,17,19). The van der Waals surface area contributed by atoms with Crippen molar-refractivity contribution < 1.29 is 14.4 Å². The van der Waals surface area contributed by atoms with E-state index in [1.165, 1.54) is 17.1 Å². The van der Waals surface area contributed by atoms with Crippen LogP contribution in [-0.2, 0) is 14.4 Å². The maximum Gasteiger partial charge on any atom is 0.253 e. The second-order valence-corrected chi connectivity index (χ2v) is 5.56. The lowest BCUT2D eigenvalue weighted by Crippen LogP contribution is -2.42. The van der Waals surface area contributed by atoms with E-state index in [2.05, 4.69) is 10.6 Å². The molecule has 0 saturated carbocycles. The van der Waals surface area contributed by atoms with Crippen molar-refractivity contribution in [2.24, 2.45) is 0 Å². The molecule has 0 aliphatic carbocycles. The van der Waals surface area contributed by atoms with Crippen molar-refractivity contribution >= 4 is 17.7 Å². The summed E-state index contributed by atoms with van der Waals surface area (Å²) in [6.07, 6.45) is 7.50. The molecule has 0 unspecified atom stereocenters. The first-order valence-corrected chi connectivity index (χ1v) is 7.70. The van der Waals surface area contributed by atoms with E-state index in [0.717, 1.165) is 45.2 Å². The maximum absolute atomic E-state index is 11.8. The van der Waals surface area contributed by atoms with Crippen molar-refractivity contribution in [3.63, 3.8) is 0 Å². The van der Waals surface area contributed by atoms with Crippen molar-refractivity contribution in [2.75, 3.05) is 19.6 Å². The fourth-order valence-corrected chi connectivity index (χ4v) is 2.65. The number of carbonyl (C=O) groups excluding carboxylic acids is 3. The third-order valence-electron chi connectivity index (χ3n) is 3.89. The lowest BCUT2D eigenvalue weighted by molar-refractivity contribution is -0.137. The first kappa shape index (κ1) is 15.7. The fourth-order valence-electron chi connectivity index (χ4n) is 2.65. The Bertz CT molecular complexity index is 410. The Hall–Kier alpha value is -1.69. The highest BCUT2D eigenvalue weighted by Crippen LogP contribution is 2.08. The van der Waals surface area contributed by atoms with Gasteiger partial charge in [-0.05, 0) is 38.8 Å². The number of hydrogen-bond acceptors (Lipinski definition) is 4. The predicted octanol–water partition coefficient (Wildman–Crippen LogP) is 0.340. The van der Waals surface area contributed by atoms with Gasteiger partial charge in [0.2, 0.25) is 5.91 Å². The summed E-state index contributed by atoms with van der Waals surface area (Å²) in [5.74, 6) is -0.357. The summed E-state index contributed by atoms with van der Waals surface area (Å²) in [5, 5.41) is 6.32. The molecular formula is C15H23N3O3. The number of piperidine rings is 1. The number of rotatable bonds is 7. The van der Waals surface area contributed by atoms with Gasteiger partial charge in [0, 0.05) is 31.2 Å². The summed E-state index contributed by atoms with van der Waals surface area (Å²) in [4.78, 5) is 35.7. The molecule has 2 heterocycles. The Morgan fingerprint density at radius 3 is 2.48 bits per heavy atom. The van der Waals surface area contributed by atoms with Gasteiger partial charge >= 0.3 is 0 Å². The van der Waals surface area contributed by atoms with Gasteiger partial charge < -0.3 is 10.6 Å². The molecule has 0 aromatic carbocycles. The molecule has 0 radical (unpaired) electrons. The number of nitrogens with one attached hydrogen (secondary N) is 2. The van der Waals surface area contributed by atoms with Gasteiger partial charge in [-0.2, -0.15) is 0 Å². The molecule has 3 amide bonds. The Labute approximate surface area is 124 Å². The molecule has 116 valence electrons. The largest absolute Gasteiger partial charge is 0.353 e. The molecule has 2 rings (SSSR count). The van der Waals surface area contributed by atoms with Gasteiger partial charge in [0.15, 0.2) is 0 Å². The molecule has 0 atom stereocenters. The quantitative estimate of drug-likeness (QED) is 0.524. The SMILES string of the molecule is O=C(CCCCCN1C(=O)C=CC1=O)NC1CCNCC1. The molecule has 0 aromatic heterocycles. The van der Waals surface area contributed by atoms with Crippen LogP contribution in [-0.4, -0.2) is 48.3 Å². The minimum Gasteiger partial charge on any atom is -0.353 e. The number of hydrogen-bond donors (Lipinski definition) is 2. The first-order valence-electron chi connectivity index (χ1n) is 7.70. The first-order chi connectivity index (χ1) is 10.2. The number of imide groups is 1. The molecule has 2 aliphatic heterocycles. The molecule has 2 aliphatic rings. The summed E-state index contributed by atoms with van der Waals surface area (Å²) in [5.41, 5.74) is 0. The molecule has 1 saturated heterocycles. The Morgan fingerprint density at radius 2 is 1.81 bits per heavy atom. The van der Waals surface area contributed by atoms with Crippen LogP contribution in [0.1, 0.15) is 38.5 Å². The normalized spacial score (nSPS) is 19.3. The van der Waals surface area contributed by atoms with Gasteiger partial charge in [-0.25, -0.2) is 0 Å². The highest BCUT2D eigenvalue weighted by molar-refractivity contribution is 6.12. The number of carbonyl (C=O) groups is 3. The summed E-state index contributed by atoms with van der Waals surface area (Å²) < 4.78 is 0. The van der Waals surface area contributed by atoms with E-state index in [9.17, 15) is 14.4 Å². The topological polar surface area (TPSA) is 78.5 Å². The minimum absolute atomic E-state index is 0.108. The van der Waals surface area contributed by atoms with E-state index in [4.69, 9.17) is 0 Å². The van der Waals surface area contributed by atoms with Gasteiger partial charge in [-0.3, -0.25) is 19.3 Å². The van der Waals surface area contributed by atoms with E-state index in [1.807, 2.05) is 0 Å². The summed E-state index contributed by atoms with van der Waals surface area (Å²) >= 11 is 0. The van der Waals surface area contributed by atoms with E-state index >= 15 is 0 Å². The lowest BCUT2D eigenvalue weighted by atomic mass is 10.1. The second kappa shape index (κ2) is 7.93. The van der Waals surface area contributed by atoms with E-state index in [-0.39, 0.29) is 17.7 Å². The van der Waals surface area contributed by atoms with Crippen LogP contribution in [0, 0.1) is 0 Å². The summed E-state index contributed by atoms with van der Waals surface area (Å²) in [6, 6.07) is 0.310. The highest BCUT2D eigenvalue weighted by atomic mass is 16.2. The minimum atomic E-state index is -0.233. The summed E-state index contributed by atoms with van der Waals surface area (Å²) in [7, 11) is 0. The van der Waals surface area contributed by atoms with Crippen LogP contribution in [0.25, 0.3) is 0 Å². The smallest absolute Gasteiger partial charge is 0.253 e. The number of amides is 3. The van der Waals surface area contributed by atoms with Crippen LogP contribution in [0.2, 0.25) is 0 Å². The van der Waals surface area contributed by atoms with Crippen LogP contribution < -0.4 is 10.6 Å². The third kappa shape index (κ3) is 4.97. The van der Waals surface area contributed by atoms with Crippen molar-refractivity contribution in [2.45, 2.75) is 44.6 Å². The zero-order chi connectivity index (χ0) is 15.1. The fraction of sp³-hybridized carbons (Fsp3) is 0.667. The van der Waals surface area contributed by atoms with Crippen molar-refractivity contribution in [1.29, 1.82) is 0 Å². The van der Waals surface area contributed by atoms with Crippen LogP contribution in [0.4, 0.5) is 0 Å². The van der Waals surface area contributed by atoms with Gasteiger partial charge in [-0.1, -0.05) is 6.42 Å². The van der Waals surface area contributed by atoms with Crippen LogP contribution >= 0.6 is 0 Å². The summed E-state index contributed by atoms with van der Waals surface area (Å²) in [6.45, 7) is 2.38. The van der Waals surface area contributed by atoms with Gasteiger partial charge in [0.05, 0.1) is 0 Å². The Balaban J connectivity index is 1.52. The van der Waals surface area contributed by atoms with Crippen molar-refractivity contribution in [1.82, 2.24) is 15.5 Å².